The monoisotopic (exact) mass is 246 g/mol. The number of amides is 1. The number of nitrogen functional groups attached to an aromatic ring is 1. The summed E-state index contributed by atoms with van der Waals surface area (Å²) in [5, 5.41) is 6.87. The molecule has 0 saturated carbocycles. The Morgan fingerprint density at radius 3 is 2.88 bits per heavy atom. The summed E-state index contributed by atoms with van der Waals surface area (Å²) >= 11 is 1.62. The quantitative estimate of drug-likeness (QED) is 0.818. The Morgan fingerprint density at radius 1 is 1.41 bits per heavy atom. The van der Waals surface area contributed by atoms with E-state index in [0.717, 1.165) is 11.1 Å². The van der Waals surface area contributed by atoms with E-state index < -0.39 is 0 Å². The lowest BCUT2D eigenvalue weighted by Crippen LogP contribution is -2.22. The summed E-state index contributed by atoms with van der Waals surface area (Å²) in [6.45, 7) is 2.47. The van der Waals surface area contributed by atoms with Gasteiger partial charge in [0, 0.05) is 17.8 Å². The van der Waals surface area contributed by atoms with Gasteiger partial charge in [0.05, 0.1) is 0 Å². The molecular formula is C13H14N2OS. The van der Waals surface area contributed by atoms with Crippen LogP contribution in [0.25, 0.3) is 0 Å². The first-order chi connectivity index (χ1) is 8.16. The fourth-order valence-electron chi connectivity index (χ4n) is 1.46. The number of carbonyl (C=O) groups excluding carboxylic acids is 1. The van der Waals surface area contributed by atoms with Crippen LogP contribution in [0.3, 0.4) is 0 Å². The Morgan fingerprint density at radius 2 is 2.24 bits per heavy atom. The van der Waals surface area contributed by atoms with Gasteiger partial charge in [0.25, 0.3) is 5.91 Å². The molecule has 1 aromatic carbocycles. The van der Waals surface area contributed by atoms with E-state index in [9.17, 15) is 4.79 Å². The van der Waals surface area contributed by atoms with Crippen molar-refractivity contribution in [1.29, 1.82) is 0 Å². The van der Waals surface area contributed by atoms with E-state index in [2.05, 4.69) is 5.32 Å². The summed E-state index contributed by atoms with van der Waals surface area (Å²) in [7, 11) is 0. The zero-order valence-electron chi connectivity index (χ0n) is 9.57. The summed E-state index contributed by atoms with van der Waals surface area (Å²) in [6, 6.07) is 7.34. The van der Waals surface area contributed by atoms with Gasteiger partial charge in [-0.25, -0.2) is 0 Å². The Labute approximate surface area is 104 Å². The lowest BCUT2D eigenvalue weighted by molar-refractivity contribution is 0.0951. The van der Waals surface area contributed by atoms with Crippen LogP contribution in [0.2, 0.25) is 0 Å². The lowest BCUT2D eigenvalue weighted by Gasteiger charge is -2.06. The van der Waals surface area contributed by atoms with Gasteiger partial charge in [0.2, 0.25) is 0 Å². The fourth-order valence-corrected chi connectivity index (χ4v) is 2.13. The maximum absolute atomic E-state index is 11.8. The van der Waals surface area contributed by atoms with Gasteiger partial charge >= 0.3 is 0 Å². The molecule has 2 aromatic rings. The second-order valence-electron chi connectivity index (χ2n) is 3.89. The Hall–Kier alpha value is -1.81. The SMILES string of the molecule is Cc1ccc(C(=O)NCc2ccsc2)cc1N. The van der Waals surface area contributed by atoms with E-state index in [1.807, 2.05) is 29.8 Å². The number of hydrogen-bond acceptors (Lipinski definition) is 3. The van der Waals surface area contributed by atoms with Gasteiger partial charge in [-0.15, -0.1) is 0 Å². The predicted molar refractivity (Wildman–Crippen MR) is 71.1 cm³/mol. The zero-order valence-corrected chi connectivity index (χ0v) is 10.4. The number of thiophene rings is 1. The minimum absolute atomic E-state index is 0.0945. The number of aryl methyl sites for hydroxylation is 1. The van der Waals surface area contributed by atoms with E-state index in [1.54, 1.807) is 23.5 Å². The number of nitrogens with two attached hydrogens (primary N) is 1. The topological polar surface area (TPSA) is 55.1 Å². The second kappa shape index (κ2) is 5.01. The van der Waals surface area contributed by atoms with Crippen molar-refractivity contribution in [2.24, 2.45) is 0 Å². The normalized spacial score (nSPS) is 10.2. The van der Waals surface area contributed by atoms with Crippen molar-refractivity contribution in [2.45, 2.75) is 13.5 Å². The van der Waals surface area contributed by atoms with Crippen LogP contribution in [0.4, 0.5) is 5.69 Å². The third kappa shape index (κ3) is 2.85. The number of nitrogens with one attached hydrogen (secondary N) is 1. The molecule has 3 N–H and O–H groups in total. The molecule has 1 heterocycles. The van der Waals surface area contributed by atoms with E-state index in [4.69, 9.17) is 5.73 Å². The van der Waals surface area contributed by atoms with E-state index in [0.29, 0.717) is 17.8 Å². The van der Waals surface area contributed by atoms with Gasteiger partial charge in [-0.1, -0.05) is 6.07 Å². The Kier molecular flexibility index (Phi) is 3.44. The van der Waals surface area contributed by atoms with Crippen LogP contribution < -0.4 is 11.1 Å². The largest absolute Gasteiger partial charge is 0.398 e. The molecule has 0 bridgehead atoms. The highest BCUT2D eigenvalue weighted by molar-refractivity contribution is 7.07. The minimum atomic E-state index is -0.0945. The average molecular weight is 246 g/mol. The van der Waals surface area contributed by atoms with Gasteiger partial charge in [-0.2, -0.15) is 11.3 Å². The summed E-state index contributed by atoms with van der Waals surface area (Å²) in [5.41, 5.74) is 9.12. The van der Waals surface area contributed by atoms with Crippen molar-refractivity contribution >= 4 is 22.9 Å². The lowest BCUT2D eigenvalue weighted by atomic mass is 10.1. The van der Waals surface area contributed by atoms with Crippen molar-refractivity contribution in [3.63, 3.8) is 0 Å². The first-order valence-corrected chi connectivity index (χ1v) is 6.26. The van der Waals surface area contributed by atoms with E-state index in [-0.39, 0.29) is 5.91 Å². The molecule has 0 saturated heterocycles. The molecule has 3 nitrogen and oxygen atoms in total. The molecule has 0 fully saturated rings. The molecule has 4 heteroatoms. The average Bonchev–Trinajstić information content (AvgIpc) is 2.82. The number of anilines is 1. The second-order valence-corrected chi connectivity index (χ2v) is 4.67. The van der Waals surface area contributed by atoms with Crippen molar-refractivity contribution in [2.75, 3.05) is 5.73 Å². The smallest absolute Gasteiger partial charge is 0.251 e. The van der Waals surface area contributed by atoms with E-state index >= 15 is 0 Å². The fraction of sp³-hybridized carbons (Fsp3) is 0.154. The first kappa shape index (κ1) is 11.7. The number of benzene rings is 1. The minimum Gasteiger partial charge on any atom is -0.398 e. The molecule has 88 valence electrons. The molecule has 0 radical (unpaired) electrons. The van der Waals surface area contributed by atoms with Gasteiger partial charge in [0.1, 0.15) is 0 Å². The standard InChI is InChI=1S/C13H14N2OS/c1-9-2-3-11(6-12(9)14)13(16)15-7-10-4-5-17-8-10/h2-6,8H,7,14H2,1H3,(H,15,16). The number of rotatable bonds is 3. The van der Waals surface area contributed by atoms with Crippen molar-refractivity contribution in [1.82, 2.24) is 5.32 Å². The third-order valence-corrected chi connectivity index (χ3v) is 3.31. The van der Waals surface area contributed by atoms with Crippen LogP contribution in [0, 0.1) is 6.92 Å². The molecule has 1 aromatic heterocycles. The van der Waals surface area contributed by atoms with Gasteiger partial charge in [-0.3, -0.25) is 4.79 Å². The molecule has 1 amide bonds. The third-order valence-electron chi connectivity index (χ3n) is 2.57. The predicted octanol–water partition coefficient (Wildman–Crippen LogP) is 2.57. The number of hydrogen-bond donors (Lipinski definition) is 2. The van der Waals surface area contributed by atoms with Crippen LogP contribution in [0.5, 0.6) is 0 Å². The van der Waals surface area contributed by atoms with Crippen LogP contribution in [0.15, 0.2) is 35.0 Å². The highest BCUT2D eigenvalue weighted by atomic mass is 32.1. The Bertz CT molecular complexity index is 520. The summed E-state index contributed by atoms with van der Waals surface area (Å²) in [5.74, 6) is -0.0945. The van der Waals surface area contributed by atoms with Gasteiger partial charge < -0.3 is 11.1 Å². The first-order valence-electron chi connectivity index (χ1n) is 5.32. The molecule has 0 aliphatic heterocycles. The molecular weight excluding hydrogens is 232 g/mol. The summed E-state index contributed by atoms with van der Waals surface area (Å²) in [6.07, 6.45) is 0. The molecule has 0 unspecified atom stereocenters. The Balaban J connectivity index is 2.02. The van der Waals surface area contributed by atoms with Gasteiger partial charge in [-0.05, 0) is 47.0 Å². The van der Waals surface area contributed by atoms with Crippen LogP contribution in [-0.4, -0.2) is 5.91 Å². The molecule has 2 rings (SSSR count). The van der Waals surface area contributed by atoms with Crippen LogP contribution >= 0.6 is 11.3 Å². The van der Waals surface area contributed by atoms with Crippen molar-refractivity contribution < 1.29 is 4.79 Å². The maximum Gasteiger partial charge on any atom is 0.251 e. The molecule has 17 heavy (non-hydrogen) atoms. The maximum atomic E-state index is 11.8. The van der Waals surface area contributed by atoms with Crippen molar-refractivity contribution in [3.05, 3.63) is 51.7 Å². The summed E-state index contributed by atoms with van der Waals surface area (Å²) in [4.78, 5) is 11.8. The highest BCUT2D eigenvalue weighted by Crippen LogP contribution is 2.13. The van der Waals surface area contributed by atoms with Crippen LogP contribution in [0.1, 0.15) is 21.5 Å². The molecule has 0 aliphatic rings. The summed E-state index contributed by atoms with van der Waals surface area (Å²) < 4.78 is 0. The molecule has 0 atom stereocenters. The van der Waals surface area contributed by atoms with Gasteiger partial charge in [0.15, 0.2) is 0 Å². The highest BCUT2D eigenvalue weighted by Gasteiger charge is 2.06. The van der Waals surface area contributed by atoms with Crippen molar-refractivity contribution in [3.8, 4) is 0 Å². The zero-order chi connectivity index (χ0) is 12.3. The molecule has 0 aliphatic carbocycles. The molecule has 0 spiro atoms. The van der Waals surface area contributed by atoms with E-state index in [1.165, 1.54) is 0 Å². The van der Waals surface area contributed by atoms with Crippen LogP contribution in [-0.2, 0) is 6.54 Å². The number of carbonyl (C=O) groups is 1.